The van der Waals surface area contributed by atoms with E-state index in [0.717, 1.165) is 12.1 Å². The van der Waals surface area contributed by atoms with Crippen LogP contribution in [0.25, 0.3) is 0 Å². The largest absolute Gasteiger partial charge is 0.389 e. The molecule has 0 radical (unpaired) electrons. The molecule has 0 atom stereocenters. The minimum absolute atomic E-state index is 0.0806. The molecule has 1 aromatic carbocycles. The fraction of sp³-hybridized carbons (Fsp3) is 0.364. The Labute approximate surface area is 95.9 Å². The molecule has 92 valence electrons. The number of alkyl halides is 3. The summed E-state index contributed by atoms with van der Waals surface area (Å²) in [5.41, 5.74) is 0.424. The number of hydrogen-bond donors (Lipinski definition) is 1. The van der Waals surface area contributed by atoms with Crippen molar-refractivity contribution in [3.63, 3.8) is 0 Å². The molecular weight excluding hydrogens is 236 g/mol. The maximum atomic E-state index is 12.8. The van der Waals surface area contributed by atoms with Crippen LogP contribution in [0.5, 0.6) is 0 Å². The van der Waals surface area contributed by atoms with Crippen LogP contribution in [0, 0.1) is 17.1 Å². The van der Waals surface area contributed by atoms with Gasteiger partial charge < -0.3 is 5.32 Å². The number of benzene rings is 1. The van der Waals surface area contributed by atoms with Gasteiger partial charge in [-0.1, -0.05) is 0 Å². The molecule has 0 amide bonds. The van der Waals surface area contributed by atoms with Gasteiger partial charge in [0.1, 0.15) is 11.9 Å². The van der Waals surface area contributed by atoms with Gasteiger partial charge in [-0.05, 0) is 24.6 Å². The Morgan fingerprint density at radius 2 is 2.00 bits per heavy atom. The fourth-order valence-electron chi connectivity index (χ4n) is 1.28. The van der Waals surface area contributed by atoms with Crippen molar-refractivity contribution in [2.24, 2.45) is 0 Å². The van der Waals surface area contributed by atoms with Crippen LogP contribution in [-0.4, -0.2) is 12.7 Å². The molecule has 0 saturated heterocycles. The molecule has 0 aromatic heterocycles. The van der Waals surface area contributed by atoms with Crippen molar-refractivity contribution in [1.82, 2.24) is 0 Å². The van der Waals surface area contributed by atoms with E-state index >= 15 is 0 Å². The average molecular weight is 246 g/mol. The summed E-state index contributed by atoms with van der Waals surface area (Å²) >= 11 is 0. The summed E-state index contributed by atoms with van der Waals surface area (Å²) in [6.07, 6.45) is -5.16. The summed E-state index contributed by atoms with van der Waals surface area (Å²) < 4.78 is 48.3. The van der Waals surface area contributed by atoms with E-state index in [2.05, 4.69) is 5.32 Å². The van der Waals surface area contributed by atoms with Gasteiger partial charge in [-0.2, -0.15) is 18.4 Å². The molecule has 1 N–H and O–H groups in total. The number of halogens is 4. The number of nitriles is 1. The van der Waals surface area contributed by atoms with Crippen molar-refractivity contribution in [2.45, 2.75) is 19.0 Å². The second-order valence-electron chi connectivity index (χ2n) is 3.45. The van der Waals surface area contributed by atoms with E-state index in [4.69, 9.17) is 5.26 Å². The third-order valence-electron chi connectivity index (χ3n) is 2.05. The van der Waals surface area contributed by atoms with Gasteiger partial charge in [0.05, 0.1) is 11.3 Å². The maximum Gasteiger partial charge on any atom is 0.389 e. The van der Waals surface area contributed by atoms with E-state index in [9.17, 15) is 17.6 Å². The summed E-state index contributed by atoms with van der Waals surface area (Å²) in [4.78, 5) is 0. The quantitative estimate of drug-likeness (QED) is 0.652. The molecule has 1 aromatic rings. The van der Waals surface area contributed by atoms with Crippen LogP contribution in [0.3, 0.4) is 0 Å². The summed E-state index contributed by atoms with van der Waals surface area (Å²) in [5, 5.41) is 11.4. The van der Waals surface area contributed by atoms with E-state index in [0.29, 0.717) is 5.69 Å². The van der Waals surface area contributed by atoms with Gasteiger partial charge >= 0.3 is 6.18 Å². The number of nitrogens with one attached hydrogen (secondary N) is 1. The molecule has 0 fully saturated rings. The Morgan fingerprint density at radius 1 is 1.29 bits per heavy atom. The lowest BCUT2D eigenvalue weighted by Crippen LogP contribution is -2.11. The van der Waals surface area contributed by atoms with Crippen molar-refractivity contribution >= 4 is 5.69 Å². The molecule has 0 bridgehead atoms. The average Bonchev–Trinajstić information content (AvgIpc) is 2.24. The molecule has 2 nitrogen and oxygen atoms in total. The SMILES string of the molecule is N#Cc1cc(F)ccc1NCCCC(F)(F)F. The third kappa shape index (κ3) is 4.72. The number of hydrogen-bond acceptors (Lipinski definition) is 2. The van der Waals surface area contributed by atoms with Crippen LogP contribution in [0.15, 0.2) is 18.2 Å². The molecule has 17 heavy (non-hydrogen) atoms. The third-order valence-corrected chi connectivity index (χ3v) is 2.05. The normalized spacial score (nSPS) is 11.0. The van der Waals surface area contributed by atoms with Crippen molar-refractivity contribution in [3.8, 4) is 6.07 Å². The van der Waals surface area contributed by atoms with Crippen molar-refractivity contribution in [3.05, 3.63) is 29.6 Å². The first-order chi connectivity index (χ1) is 7.92. The molecule has 0 aliphatic rings. The van der Waals surface area contributed by atoms with Crippen molar-refractivity contribution in [2.75, 3.05) is 11.9 Å². The van der Waals surface area contributed by atoms with E-state index < -0.39 is 18.4 Å². The maximum absolute atomic E-state index is 12.8. The van der Waals surface area contributed by atoms with E-state index in [1.807, 2.05) is 0 Å². The molecule has 0 aliphatic heterocycles. The Hall–Kier alpha value is -1.77. The van der Waals surface area contributed by atoms with Gasteiger partial charge in [0.15, 0.2) is 0 Å². The summed E-state index contributed by atoms with van der Waals surface area (Å²) in [7, 11) is 0. The molecule has 0 spiro atoms. The topological polar surface area (TPSA) is 35.8 Å². The van der Waals surface area contributed by atoms with E-state index in [1.54, 1.807) is 6.07 Å². The predicted molar refractivity (Wildman–Crippen MR) is 54.9 cm³/mol. The molecule has 0 unspecified atom stereocenters. The first-order valence-electron chi connectivity index (χ1n) is 4.92. The van der Waals surface area contributed by atoms with Gasteiger partial charge in [0.25, 0.3) is 0 Å². The molecule has 1 rings (SSSR count). The Bertz CT molecular complexity index is 420. The van der Waals surface area contributed by atoms with Crippen LogP contribution >= 0.6 is 0 Å². The highest BCUT2D eigenvalue weighted by Gasteiger charge is 2.25. The lowest BCUT2D eigenvalue weighted by atomic mass is 10.2. The van der Waals surface area contributed by atoms with Crippen molar-refractivity contribution in [1.29, 1.82) is 5.26 Å². The number of nitrogens with zero attached hydrogens (tertiary/aromatic N) is 1. The zero-order chi connectivity index (χ0) is 12.9. The van der Waals surface area contributed by atoms with Gasteiger partial charge in [0, 0.05) is 13.0 Å². The Morgan fingerprint density at radius 3 is 2.59 bits per heavy atom. The Balaban J connectivity index is 2.50. The first kappa shape index (κ1) is 13.3. The standard InChI is InChI=1S/C11H10F4N2/c12-9-2-3-10(8(6-9)7-16)17-5-1-4-11(13,14)15/h2-3,6,17H,1,4-5H2. The summed E-state index contributed by atoms with van der Waals surface area (Å²) in [5.74, 6) is -0.553. The minimum atomic E-state index is -4.18. The van der Waals surface area contributed by atoms with Crippen LogP contribution in [0.4, 0.5) is 23.2 Å². The first-order valence-corrected chi connectivity index (χ1v) is 4.92. The molecule has 0 heterocycles. The second kappa shape index (κ2) is 5.53. The smallest absolute Gasteiger partial charge is 0.384 e. The van der Waals surface area contributed by atoms with Gasteiger partial charge in [0.2, 0.25) is 0 Å². The number of rotatable bonds is 4. The van der Waals surface area contributed by atoms with E-state index in [1.165, 1.54) is 6.07 Å². The van der Waals surface area contributed by atoms with Crippen LogP contribution in [0.2, 0.25) is 0 Å². The molecule has 0 saturated carbocycles. The molecular formula is C11H10F4N2. The summed E-state index contributed by atoms with van der Waals surface area (Å²) in [6.45, 7) is 0.0832. The highest BCUT2D eigenvalue weighted by Crippen LogP contribution is 2.22. The van der Waals surface area contributed by atoms with Gasteiger partial charge in [-0.3, -0.25) is 0 Å². The van der Waals surface area contributed by atoms with Crippen LogP contribution in [0.1, 0.15) is 18.4 Å². The predicted octanol–water partition coefficient (Wildman–Crippen LogP) is 3.45. The zero-order valence-electron chi connectivity index (χ0n) is 8.81. The molecule has 6 heteroatoms. The highest BCUT2D eigenvalue weighted by atomic mass is 19.4. The lowest BCUT2D eigenvalue weighted by molar-refractivity contribution is -0.134. The second-order valence-corrected chi connectivity index (χ2v) is 3.45. The lowest BCUT2D eigenvalue weighted by Gasteiger charge is -2.09. The highest BCUT2D eigenvalue weighted by molar-refractivity contribution is 5.57. The van der Waals surface area contributed by atoms with Crippen molar-refractivity contribution < 1.29 is 17.6 Å². The molecule has 0 aliphatic carbocycles. The monoisotopic (exact) mass is 246 g/mol. The fourth-order valence-corrected chi connectivity index (χ4v) is 1.28. The van der Waals surface area contributed by atoms with Gasteiger partial charge in [-0.25, -0.2) is 4.39 Å². The zero-order valence-corrected chi connectivity index (χ0v) is 8.81. The van der Waals surface area contributed by atoms with Gasteiger partial charge in [-0.15, -0.1) is 0 Å². The van der Waals surface area contributed by atoms with Crippen LogP contribution < -0.4 is 5.32 Å². The minimum Gasteiger partial charge on any atom is -0.384 e. The number of anilines is 1. The van der Waals surface area contributed by atoms with Crippen LogP contribution in [-0.2, 0) is 0 Å². The Kier molecular flexibility index (Phi) is 4.32. The summed E-state index contributed by atoms with van der Waals surface area (Å²) in [6, 6.07) is 5.28. The van der Waals surface area contributed by atoms with E-state index in [-0.39, 0.29) is 18.5 Å².